The van der Waals surface area contributed by atoms with E-state index in [4.69, 9.17) is 0 Å². The van der Waals surface area contributed by atoms with E-state index in [9.17, 15) is 18.0 Å². The maximum absolute atomic E-state index is 13.4. The van der Waals surface area contributed by atoms with Crippen LogP contribution in [0.4, 0.5) is 5.69 Å². The van der Waals surface area contributed by atoms with Gasteiger partial charge < -0.3 is 10.2 Å². The first-order valence-electron chi connectivity index (χ1n) is 12.6. The van der Waals surface area contributed by atoms with Gasteiger partial charge in [0.15, 0.2) is 0 Å². The molecule has 0 aliphatic rings. The Balaban J connectivity index is 2.18. The van der Waals surface area contributed by atoms with Crippen LogP contribution in [0.3, 0.4) is 0 Å². The minimum atomic E-state index is -3.53. The molecule has 0 aliphatic carbocycles. The van der Waals surface area contributed by atoms with Gasteiger partial charge in [-0.25, -0.2) is 8.42 Å². The normalized spacial score (nSPS) is 12.2. The SMILES string of the molecule is CCCCNC(=O)C(C)N(Cc1cccc(C)c1)C(=O)CCCN(c1cccc(C)c1C)S(C)(=O)=O. The zero-order valence-corrected chi connectivity index (χ0v) is 23.3. The molecule has 0 aliphatic heterocycles. The minimum Gasteiger partial charge on any atom is -0.354 e. The fourth-order valence-electron chi connectivity index (χ4n) is 4.11. The van der Waals surface area contributed by atoms with Gasteiger partial charge in [-0.3, -0.25) is 13.9 Å². The van der Waals surface area contributed by atoms with E-state index >= 15 is 0 Å². The molecule has 1 N–H and O–H groups in total. The summed E-state index contributed by atoms with van der Waals surface area (Å²) in [4.78, 5) is 27.8. The van der Waals surface area contributed by atoms with Crippen LogP contribution in [0.5, 0.6) is 0 Å². The van der Waals surface area contributed by atoms with Crippen molar-refractivity contribution in [3.8, 4) is 0 Å². The van der Waals surface area contributed by atoms with Crippen LogP contribution in [0.2, 0.25) is 0 Å². The molecule has 1 atom stereocenters. The Morgan fingerprint density at radius 3 is 2.36 bits per heavy atom. The number of nitrogens with one attached hydrogen (secondary N) is 1. The van der Waals surface area contributed by atoms with Crippen molar-refractivity contribution in [1.82, 2.24) is 10.2 Å². The molecule has 0 heterocycles. The van der Waals surface area contributed by atoms with Crippen LogP contribution in [0.15, 0.2) is 42.5 Å². The number of hydrogen-bond donors (Lipinski definition) is 1. The molecule has 198 valence electrons. The lowest BCUT2D eigenvalue weighted by Crippen LogP contribution is -2.48. The molecule has 0 bridgehead atoms. The smallest absolute Gasteiger partial charge is 0.242 e. The number of hydrogen-bond acceptors (Lipinski definition) is 4. The van der Waals surface area contributed by atoms with Gasteiger partial charge in [-0.2, -0.15) is 0 Å². The highest BCUT2D eigenvalue weighted by molar-refractivity contribution is 7.92. The number of anilines is 1. The molecule has 1 unspecified atom stereocenters. The molecular formula is C28H41N3O4S. The van der Waals surface area contributed by atoms with Crippen LogP contribution in [0.25, 0.3) is 0 Å². The van der Waals surface area contributed by atoms with Crippen molar-refractivity contribution < 1.29 is 18.0 Å². The largest absolute Gasteiger partial charge is 0.354 e. The standard InChI is InChI=1S/C28H41N3O4S/c1-7-8-17-29-28(33)24(5)30(20-25-14-9-12-21(2)19-25)27(32)16-11-18-31(36(6,34)35)26-15-10-13-22(3)23(26)4/h9-10,12-15,19,24H,7-8,11,16-18,20H2,1-6H3,(H,29,33). The Labute approximate surface area is 216 Å². The first-order chi connectivity index (χ1) is 17.0. The lowest BCUT2D eigenvalue weighted by atomic mass is 10.1. The highest BCUT2D eigenvalue weighted by Crippen LogP contribution is 2.25. The summed E-state index contributed by atoms with van der Waals surface area (Å²) in [5, 5.41) is 2.92. The van der Waals surface area contributed by atoms with Crippen LogP contribution in [-0.4, -0.2) is 50.5 Å². The van der Waals surface area contributed by atoms with Gasteiger partial charge in [-0.15, -0.1) is 0 Å². The van der Waals surface area contributed by atoms with Crippen LogP contribution < -0.4 is 9.62 Å². The molecule has 2 aromatic rings. The number of aryl methyl sites for hydroxylation is 2. The van der Waals surface area contributed by atoms with Gasteiger partial charge >= 0.3 is 0 Å². The van der Waals surface area contributed by atoms with E-state index in [1.165, 1.54) is 10.6 Å². The van der Waals surface area contributed by atoms with E-state index in [1.807, 2.05) is 57.2 Å². The van der Waals surface area contributed by atoms with Crippen molar-refractivity contribution in [3.05, 3.63) is 64.7 Å². The van der Waals surface area contributed by atoms with E-state index in [0.717, 1.165) is 35.1 Å². The van der Waals surface area contributed by atoms with Crippen LogP contribution >= 0.6 is 0 Å². The predicted octanol–water partition coefficient (Wildman–Crippen LogP) is 4.49. The van der Waals surface area contributed by atoms with E-state index in [-0.39, 0.29) is 24.8 Å². The van der Waals surface area contributed by atoms with Gasteiger partial charge in [-0.1, -0.05) is 55.3 Å². The van der Waals surface area contributed by atoms with E-state index in [1.54, 1.807) is 17.9 Å². The fraction of sp³-hybridized carbons (Fsp3) is 0.500. The molecule has 2 aromatic carbocycles. The summed E-state index contributed by atoms with van der Waals surface area (Å²) in [5.41, 5.74) is 4.56. The lowest BCUT2D eigenvalue weighted by molar-refractivity contribution is -0.140. The van der Waals surface area contributed by atoms with Crippen LogP contribution in [0.1, 0.15) is 61.8 Å². The molecule has 0 spiro atoms. The number of amides is 2. The number of carbonyl (C=O) groups excluding carboxylic acids is 2. The molecule has 8 heteroatoms. The lowest BCUT2D eigenvalue weighted by Gasteiger charge is -2.30. The molecule has 2 rings (SSSR count). The monoisotopic (exact) mass is 515 g/mol. The zero-order valence-electron chi connectivity index (χ0n) is 22.5. The second-order valence-corrected chi connectivity index (χ2v) is 11.4. The van der Waals surface area contributed by atoms with Gasteiger partial charge in [0, 0.05) is 26.1 Å². The van der Waals surface area contributed by atoms with Crippen LogP contribution in [0, 0.1) is 20.8 Å². The van der Waals surface area contributed by atoms with Gasteiger partial charge in [0.05, 0.1) is 11.9 Å². The highest BCUT2D eigenvalue weighted by Gasteiger charge is 2.27. The van der Waals surface area contributed by atoms with Crippen LogP contribution in [-0.2, 0) is 26.2 Å². The highest BCUT2D eigenvalue weighted by atomic mass is 32.2. The topological polar surface area (TPSA) is 86.8 Å². The molecule has 0 saturated carbocycles. The van der Waals surface area contributed by atoms with Crippen molar-refractivity contribution in [2.75, 3.05) is 23.7 Å². The number of benzene rings is 2. The van der Waals surface area contributed by atoms with Crippen molar-refractivity contribution in [3.63, 3.8) is 0 Å². The van der Waals surface area contributed by atoms with Gasteiger partial charge in [0.1, 0.15) is 6.04 Å². The summed E-state index contributed by atoms with van der Waals surface area (Å²) in [6.45, 7) is 10.7. The Morgan fingerprint density at radius 1 is 1.03 bits per heavy atom. The van der Waals surface area contributed by atoms with E-state index in [2.05, 4.69) is 12.2 Å². The predicted molar refractivity (Wildman–Crippen MR) is 146 cm³/mol. The fourth-order valence-corrected chi connectivity index (χ4v) is 5.13. The first kappa shape index (κ1) is 29.4. The summed E-state index contributed by atoms with van der Waals surface area (Å²) in [5.74, 6) is -0.360. The number of carbonyl (C=O) groups is 2. The molecule has 0 fully saturated rings. The summed E-state index contributed by atoms with van der Waals surface area (Å²) in [6.07, 6.45) is 3.51. The Hall–Kier alpha value is -2.87. The molecule has 0 aromatic heterocycles. The third kappa shape index (κ3) is 8.36. The van der Waals surface area contributed by atoms with Crippen molar-refractivity contribution in [2.24, 2.45) is 0 Å². The average molecular weight is 516 g/mol. The Kier molecular flexibility index (Phi) is 11.0. The second-order valence-electron chi connectivity index (χ2n) is 9.49. The van der Waals surface area contributed by atoms with Crippen molar-refractivity contribution in [1.29, 1.82) is 0 Å². The van der Waals surface area contributed by atoms with Gasteiger partial charge in [0.25, 0.3) is 0 Å². The number of sulfonamides is 1. The molecule has 2 amide bonds. The average Bonchev–Trinajstić information content (AvgIpc) is 2.81. The Morgan fingerprint density at radius 2 is 1.72 bits per heavy atom. The van der Waals surface area contributed by atoms with Gasteiger partial charge in [-0.05, 0) is 63.3 Å². The van der Waals surface area contributed by atoms with E-state index < -0.39 is 16.1 Å². The summed E-state index contributed by atoms with van der Waals surface area (Å²) in [6, 6.07) is 12.8. The van der Waals surface area contributed by atoms with Crippen molar-refractivity contribution >= 4 is 27.5 Å². The van der Waals surface area contributed by atoms with E-state index in [0.29, 0.717) is 25.2 Å². The molecule has 36 heavy (non-hydrogen) atoms. The second kappa shape index (κ2) is 13.4. The van der Waals surface area contributed by atoms with Gasteiger partial charge in [0.2, 0.25) is 21.8 Å². The zero-order chi connectivity index (χ0) is 26.9. The summed E-state index contributed by atoms with van der Waals surface area (Å²) < 4.78 is 26.5. The quantitative estimate of drug-likeness (QED) is 0.398. The maximum atomic E-state index is 13.4. The summed E-state index contributed by atoms with van der Waals surface area (Å²) in [7, 11) is -3.53. The summed E-state index contributed by atoms with van der Waals surface area (Å²) >= 11 is 0. The molecule has 0 radical (unpaired) electrons. The number of nitrogens with zero attached hydrogens (tertiary/aromatic N) is 2. The maximum Gasteiger partial charge on any atom is 0.242 e. The molecular weight excluding hydrogens is 474 g/mol. The Bertz CT molecular complexity index is 1150. The number of rotatable bonds is 13. The van der Waals surface area contributed by atoms with Crippen molar-refractivity contribution in [2.45, 2.75) is 72.9 Å². The number of unbranched alkanes of at least 4 members (excludes halogenated alkanes) is 1. The molecule has 0 saturated heterocycles. The molecule has 7 nitrogen and oxygen atoms in total. The third-order valence-electron chi connectivity index (χ3n) is 6.43. The minimum absolute atomic E-state index is 0.134. The third-order valence-corrected chi connectivity index (χ3v) is 7.61. The first-order valence-corrected chi connectivity index (χ1v) is 14.5.